The van der Waals surface area contributed by atoms with E-state index < -0.39 is 11.6 Å². The summed E-state index contributed by atoms with van der Waals surface area (Å²) in [6.45, 7) is 27.7. The second-order valence-corrected chi connectivity index (χ2v) is 16.2. The van der Waals surface area contributed by atoms with Gasteiger partial charge in [-0.2, -0.15) is 0 Å². The molecule has 0 saturated heterocycles. The van der Waals surface area contributed by atoms with Crippen molar-refractivity contribution in [2.75, 3.05) is 13.2 Å². The fraction of sp³-hybridized carbons (Fsp3) is 0.512. The van der Waals surface area contributed by atoms with E-state index >= 15 is 0 Å². The van der Waals surface area contributed by atoms with Crippen LogP contribution in [-0.4, -0.2) is 30.1 Å². The second-order valence-electron chi connectivity index (χ2n) is 16.2. The van der Waals surface area contributed by atoms with Crippen molar-refractivity contribution < 1.29 is 19.4 Å². The highest BCUT2D eigenvalue weighted by molar-refractivity contribution is 6.02. The van der Waals surface area contributed by atoms with Crippen molar-refractivity contribution in [3.63, 3.8) is 0 Å². The number of amidine groups is 1. The lowest BCUT2D eigenvalue weighted by molar-refractivity contribution is -0.165. The highest BCUT2D eigenvalue weighted by atomic mass is 16.6. The summed E-state index contributed by atoms with van der Waals surface area (Å²) in [4.78, 5) is 18.4. The van der Waals surface area contributed by atoms with E-state index in [2.05, 4.69) is 118 Å². The van der Waals surface area contributed by atoms with Gasteiger partial charge in [0.05, 0.1) is 5.41 Å². The number of aliphatic imine (C=N–C) groups is 1. The minimum Gasteiger partial charge on any atom is -0.507 e. The Balaban J connectivity index is 1.56. The minimum absolute atomic E-state index is 0.0273. The van der Waals surface area contributed by atoms with Crippen molar-refractivity contribution in [1.29, 1.82) is 0 Å². The molecule has 7 nitrogen and oxygen atoms in total. The number of rotatable bonds is 9. The smallest absolute Gasteiger partial charge is 0.312 e. The lowest BCUT2D eigenvalue weighted by Gasteiger charge is -2.43. The Morgan fingerprint density at radius 3 is 1.90 bits per heavy atom. The zero-order valence-corrected chi connectivity index (χ0v) is 31.4. The van der Waals surface area contributed by atoms with Crippen LogP contribution in [0.1, 0.15) is 117 Å². The van der Waals surface area contributed by atoms with Crippen LogP contribution < -0.4 is 15.4 Å². The summed E-state index contributed by atoms with van der Waals surface area (Å²) in [7, 11) is 0. The van der Waals surface area contributed by atoms with Crippen molar-refractivity contribution in [2.24, 2.45) is 21.2 Å². The van der Waals surface area contributed by atoms with Crippen LogP contribution >= 0.6 is 0 Å². The predicted molar refractivity (Wildman–Crippen MR) is 196 cm³/mol. The normalized spacial score (nSPS) is 18.1. The Hall–Kier alpha value is -3.84. The van der Waals surface area contributed by atoms with Crippen LogP contribution in [0.3, 0.4) is 0 Å². The van der Waals surface area contributed by atoms with Crippen LogP contribution in [0, 0.1) is 57.8 Å². The van der Waals surface area contributed by atoms with Crippen molar-refractivity contribution in [2.45, 2.75) is 109 Å². The first kappa shape index (κ1) is 37.0. The van der Waals surface area contributed by atoms with E-state index in [1.54, 1.807) is 6.07 Å². The number of carbonyl (C=O) groups excluding carboxylic acids is 1. The summed E-state index contributed by atoms with van der Waals surface area (Å²) in [5.74, 6) is 1.13. The number of hydrogen-bond acceptors (Lipinski definition) is 7. The molecule has 0 saturated carbocycles. The highest BCUT2D eigenvalue weighted by Gasteiger charge is 2.47. The number of esters is 1. The molecular formula is C41H57N3O4. The first-order chi connectivity index (χ1) is 22.2. The summed E-state index contributed by atoms with van der Waals surface area (Å²) >= 11 is 0. The van der Waals surface area contributed by atoms with Crippen LogP contribution in [-0.2, 0) is 9.53 Å². The van der Waals surface area contributed by atoms with Gasteiger partial charge in [-0.15, -0.1) is 0 Å². The van der Waals surface area contributed by atoms with Gasteiger partial charge < -0.3 is 19.9 Å². The van der Waals surface area contributed by atoms with Crippen LogP contribution in [0.4, 0.5) is 0 Å². The zero-order valence-electron chi connectivity index (χ0n) is 31.4. The van der Waals surface area contributed by atoms with Gasteiger partial charge in [-0.25, -0.2) is 4.99 Å². The molecule has 0 radical (unpaired) electrons. The average Bonchev–Trinajstić information content (AvgIpc) is 2.92. The van der Waals surface area contributed by atoms with E-state index in [9.17, 15) is 9.90 Å². The molecule has 0 fully saturated rings. The maximum atomic E-state index is 13.3. The summed E-state index contributed by atoms with van der Waals surface area (Å²) in [6.07, 6.45) is -0.0370. The molecule has 3 aromatic rings. The molecule has 48 heavy (non-hydrogen) atoms. The van der Waals surface area contributed by atoms with E-state index in [1.807, 2.05) is 19.1 Å². The first-order valence-corrected chi connectivity index (χ1v) is 17.1. The molecule has 0 spiro atoms. The third-order valence-electron chi connectivity index (χ3n) is 9.68. The van der Waals surface area contributed by atoms with Crippen LogP contribution in [0.2, 0.25) is 0 Å². The van der Waals surface area contributed by atoms with Crippen molar-refractivity contribution >= 4 is 11.8 Å². The Bertz CT molecular complexity index is 1650. The number of aryl methyl sites for hydroxylation is 6. The number of ether oxygens (including phenoxy) is 2. The molecule has 0 bridgehead atoms. The number of nitrogens with zero attached hydrogens (tertiary/aromatic N) is 1. The van der Waals surface area contributed by atoms with Crippen molar-refractivity contribution in [3.8, 4) is 11.5 Å². The highest BCUT2D eigenvalue weighted by Crippen LogP contribution is 2.47. The number of hydrogen-bond donors (Lipinski definition) is 3. The predicted octanol–water partition coefficient (Wildman–Crippen LogP) is 8.99. The van der Waals surface area contributed by atoms with E-state index in [1.165, 1.54) is 27.8 Å². The molecule has 0 amide bonds. The number of aromatic hydroxyl groups is 1. The fourth-order valence-corrected chi connectivity index (χ4v) is 7.19. The number of phenolic OH excluding ortho intramolecular Hbond substituents is 1. The Labute approximate surface area is 288 Å². The number of carbonyl (C=O) groups is 1. The fourth-order valence-electron chi connectivity index (χ4n) is 7.19. The molecular weight excluding hydrogens is 598 g/mol. The summed E-state index contributed by atoms with van der Waals surface area (Å²) in [5, 5.41) is 18.6. The quantitative estimate of drug-likeness (QED) is 0.157. The SMILES string of the molecule is Cc1cc(C)c(C2=NC(c3ccc(OCCOC(=O)C(C)(CC(C)(C)C)C(C)(C)C)cc3O)NC(c3c(C)cc(C)cc3C)N2)c(C)c1. The molecule has 3 N–H and O–H groups in total. The van der Waals surface area contributed by atoms with Crippen molar-refractivity contribution in [1.82, 2.24) is 10.6 Å². The lowest BCUT2D eigenvalue weighted by Crippen LogP contribution is -2.46. The molecule has 3 aromatic carbocycles. The molecule has 1 heterocycles. The van der Waals surface area contributed by atoms with Gasteiger partial charge in [0.2, 0.25) is 0 Å². The lowest BCUT2D eigenvalue weighted by atomic mass is 9.61. The van der Waals surface area contributed by atoms with Gasteiger partial charge in [0.15, 0.2) is 0 Å². The van der Waals surface area contributed by atoms with E-state index in [4.69, 9.17) is 14.5 Å². The molecule has 0 aromatic heterocycles. The zero-order chi connectivity index (χ0) is 35.8. The summed E-state index contributed by atoms with van der Waals surface area (Å²) in [5.41, 5.74) is 9.02. The van der Waals surface area contributed by atoms with Gasteiger partial charge in [0.1, 0.15) is 42.9 Å². The van der Waals surface area contributed by atoms with Crippen LogP contribution in [0.5, 0.6) is 11.5 Å². The van der Waals surface area contributed by atoms with Crippen molar-refractivity contribution in [3.05, 3.63) is 92.5 Å². The van der Waals surface area contributed by atoms with Crippen LogP contribution in [0.15, 0.2) is 47.5 Å². The molecule has 1 aliphatic rings. The van der Waals surface area contributed by atoms with Gasteiger partial charge >= 0.3 is 5.97 Å². The first-order valence-electron chi connectivity index (χ1n) is 17.1. The molecule has 4 rings (SSSR count). The maximum absolute atomic E-state index is 13.3. The topological polar surface area (TPSA) is 92.2 Å². The largest absolute Gasteiger partial charge is 0.507 e. The Morgan fingerprint density at radius 1 is 0.812 bits per heavy atom. The molecule has 3 atom stereocenters. The summed E-state index contributed by atoms with van der Waals surface area (Å²) in [6, 6.07) is 14.0. The molecule has 1 aliphatic heterocycles. The average molecular weight is 656 g/mol. The second kappa shape index (κ2) is 13.9. The summed E-state index contributed by atoms with van der Waals surface area (Å²) < 4.78 is 11.7. The Morgan fingerprint density at radius 2 is 1.38 bits per heavy atom. The molecule has 260 valence electrons. The monoisotopic (exact) mass is 655 g/mol. The van der Waals surface area contributed by atoms with Gasteiger partial charge in [-0.1, -0.05) is 76.9 Å². The third-order valence-corrected chi connectivity index (χ3v) is 9.68. The van der Waals surface area contributed by atoms with Crippen LogP contribution in [0.25, 0.3) is 0 Å². The van der Waals surface area contributed by atoms with Gasteiger partial charge in [0, 0.05) is 17.2 Å². The number of nitrogens with one attached hydrogen (secondary N) is 2. The third kappa shape index (κ3) is 8.23. The molecule has 7 heteroatoms. The Kier molecular flexibility index (Phi) is 10.7. The van der Waals surface area contributed by atoms with E-state index in [-0.39, 0.29) is 41.9 Å². The number of benzene rings is 3. The van der Waals surface area contributed by atoms with Gasteiger partial charge in [0.25, 0.3) is 0 Å². The minimum atomic E-state index is -0.643. The van der Waals surface area contributed by atoms with Gasteiger partial charge in [-0.05, 0) is 106 Å². The van der Waals surface area contributed by atoms with E-state index in [0.29, 0.717) is 17.7 Å². The maximum Gasteiger partial charge on any atom is 0.312 e. The van der Waals surface area contributed by atoms with Gasteiger partial charge in [-0.3, -0.25) is 10.1 Å². The molecule has 3 unspecified atom stereocenters. The van der Waals surface area contributed by atoms with E-state index in [0.717, 1.165) is 22.5 Å². The molecule has 0 aliphatic carbocycles. The number of phenols is 1. The standard InChI is InChI=1S/C41H57N3O4/c1-24-18-26(3)33(27(4)19-24)36-42-35(43-37(44-36)34-28(5)20-25(2)21-29(34)6)31-15-14-30(22-32(31)45)47-16-17-48-38(46)41(13,40(10,11)12)23-39(7,8)9/h14-15,18-22,35-36,42,45H,16-17,23H2,1-13H3,(H,43,44).